The Kier molecular flexibility index (Phi) is 6.47. The predicted molar refractivity (Wildman–Crippen MR) is 102 cm³/mol. The average Bonchev–Trinajstić information content (AvgIpc) is 3.22. The van der Waals surface area contributed by atoms with E-state index in [1.54, 1.807) is 24.3 Å². The molecule has 1 heterocycles. The van der Waals surface area contributed by atoms with Crippen molar-refractivity contribution >= 4 is 11.8 Å². The second kappa shape index (κ2) is 9.41. The Morgan fingerprint density at radius 2 is 1.72 bits per heavy atom. The largest absolute Gasteiger partial charge is 0.486 e. The molecule has 0 radical (unpaired) electrons. The third-order valence-corrected chi connectivity index (χ3v) is 3.82. The maximum atomic E-state index is 13.6. The molecule has 2 N–H and O–H groups in total. The van der Waals surface area contributed by atoms with Crippen LogP contribution in [0.5, 0.6) is 11.5 Å². The molecule has 1 atom stereocenters. The summed E-state index contributed by atoms with van der Waals surface area (Å²) < 4.78 is 29.8. The zero-order chi connectivity index (χ0) is 20.6. The summed E-state index contributed by atoms with van der Waals surface area (Å²) in [5, 5.41) is 0. The summed E-state index contributed by atoms with van der Waals surface area (Å²) in [7, 11) is 0. The fourth-order valence-corrected chi connectivity index (χ4v) is 2.31. The average molecular weight is 398 g/mol. The maximum Gasteiger partial charge on any atom is 0.305 e. The standard InChI is InChI=1S/C21H19FN2O5/c1-14(28-18-10-6-5-9-17(18)22)20(25)23-24-21(26)19-12-11-16(29-19)13-27-15-7-3-2-4-8-15/h2-12,14H,13H2,1H3,(H,23,25)(H,24,26)/t14-/m1/s1. The van der Waals surface area contributed by atoms with Gasteiger partial charge in [0.05, 0.1) is 0 Å². The van der Waals surface area contributed by atoms with Crippen molar-refractivity contribution in [2.24, 2.45) is 0 Å². The normalized spacial score (nSPS) is 11.4. The van der Waals surface area contributed by atoms with E-state index in [4.69, 9.17) is 13.9 Å². The first-order valence-electron chi connectivity index (χ1n) is 8.81. The first-order chi connectivity index (χ1) is 14.0. The second-order valence-corrected chi connectivity index (χ2v) is 6.00. The van der Waals surface area contributed by atoms with Crippen molar-refractivity contribution in [1.82, 2.24) is 10.9 Å². The van der Waals surface area contributed by atoms with E-state index in [0.717, 1.165) is 0 Å². The molecule has 2 aromatic carbocycles. The number of carbonyl (C=O) groups excluding carboxylic acids is 2. The molecule has 0 aliphatic heterocycles. The molecule has 0 spiro atoms. The van der Waals surface area contributed by atoms with E-state index in [0.29, 0.717) is 11.5 Å². The summed E-state index contributed by atoms with van der Waals surface area (Å²) in [4.78, 5) is 24.1. The van der Waals surface area contributed by atoms with Crippen LogP contribution in [0.15, 0.2) is 71.1 Å². The van der Waals surface area contributed by atoms with Crippen molar-refractivity contribution in [1.29, 1.82) is 0 Å². The van der Waals surface area contributed by atoms with Crippen LogP contribution in [0.2, 0.25) is 0 Å². The van der Waals surface area contributed by atoms with E-state index < -0.39 is 23.7 Å². The summed E-state index contributed by atoms with van der Waals surface area (Å²) in [5.41, 5.74) is 4.43. The van der Waals surface area contributed by atoms with Gasteiger partial charge < -0.3 is 13.9 Å². The Bertz CT molecular complexity index is 974. The van der Waals surface area contributed by atoms with Gasteiger partial charge in [-0.15, -0.1) is 0 Å². The van der Waals surface area contributed by atoms with Crippen LogP contribution in [-0.2, 0) is 11.4 Å². The number of furan rings is 1. The summed E-state index contributed by atoms with van der Waals surface area (Å²) in [6.07, 6.45) is -1.03. The lowest BCUT2D eigenvalue weighted by molar-refractivity contribution is -0.128. The van der Waals surface area contributed by atoms with E-state index in [1.165, 1.54) is 31.2 Å². The van der Waals surface area contributed by atoms with E-state index in [2.05, 4.69) is 10.9 Å². The highest BCUT2D eigenvalue weighted by Gasteiger charge is 2.18. The van der Waals surface area contributed by atoms with Crippen LogP contribution in [0.4, 0.5) is 4.39 Å². The smallest absolute Gasteiger partial charge is 0.305 e. The number of nitrogens with one attached hydrogen (secondary N) is 2. The predicted octanol–water partition coefficient (Wildman–Crippen LogP) is 3.23. The summed E-state index contributed by atoms with van der Waals surface area (Å²) >= 11 is 0. The molecule has 2 amide bonds. The van der Waals surface area contributed by atoms with Gasteiger partial charge in [0.15, 0.2) is 23.4 Å². The lowest BCUT2D eigenvalue weighted by atomic mass is 10.3. The van der Waals surface area contributed by atoms with Gasteiger partial charge in [0.1, 0.15) is 18.1 Å². The van der Waals surface area contributed by atoms with Crippen molar-refractivity contribution in [3.63, 3.8) is 0 Å². The van der Waals surface area contributed by atoms with Gasteiger partial charge in [0.25, 0.3) is 5.91 Å². The molecule has 7 nitrogen and oxygen atoms in total. The van der Waals surface area contributed by atoms with Crippen LogP contribution < -0.4 is 20.3 Å². The highest BCUT2D eigenvalue weighted by atomic mass is 19.1. The lowest BCUT2D eigenvalue weighted by Crippen LogP contribution is -2.47. The topological polar surface area (TPSA) is 89.8 Å². The molecular weight excluding hydrogens is 379 g/mol. The molecule has 1 aromatic heterocycles. The highest BCUT2D eigenvalue weighted by Crippen LogP contribution is 2.17. The Hall–Kier alpha value is -3.81. The number of para-hydroxylation sites is 2. The van der Waals surface area contributed by atoms with Gasteiger partial charge in [0.2, 0.25) is 0 Å². The Balaban J connectivity index is 1.47. The number of hydrazine groups is 1. The number of hydrogen-bond acceptors (Lipinski definition) is 5. The quantitative estimate of drug-likeness (QED) is 0.597. The Morgan fingerprint density at radius 1 is 1.00 bits per heavy atom. The number of amides is 2. The zero-order valence-electron chi connectivity index (χ0n) is 15.6. The molecule has 29 heavy (non-hydrogen) atoms. The highest BCUT2D eigenvalue weighted by molar-refractivity contribution is 5.93. The van der Waals surface area contributed by atoms with Gasteiger partial charge in [-0.25, -0.2) is 4.39 Å². The van der Waals surface area contributed by atoms with Crippen LogP contribution >= 0.6 is 0 Å². The number of rotatable bonds is 7. The number of carbonyl (C=O) groups is 2. The molecule has 150 valence electrons. The van der Waals surface area contributed by atoms with E-state index in [9.17, 15) is 14.0 Å². The minimum absolute atomic E-state index is 0.000336. The third kappa shape index (κ3) is 5.58. The molecule has 0 saturated carbocycles. The fraction of sp³-hybridized carbons (Fsp3) is 0.143. The zero-order valence-corrected chi connectivity index (χ0v) is 15.6. The van der Waals surface area contributed by atoms with E-state index in [1.807, 2.05) is 18.2 Å². The molecule has 0 aliphatic carbocycles. The van der Waals surface area contributed by atoms with Crippen LogP contribution in [0.1, 0.15) is 23.2 Å². The van der Waals surface area contributed by atoms with Crippen molar-refractivity contribution in [2.75, 3.05) is 0 Å². The van der Waals surface area contributed by atoms with Gasteiger partial charge in [-0.05, 0) is 43.3 Å². The number of halogens is 1. The van der Waals surface area contributed by atoms with Gasteiger partial charge in [0, 0.05) is 0 Å². The molecule has 3 aromatic rings. The minimum atomic E-state index is -1.03. The van der Waals surface area contributed by atoms with Crippen LogP contribution in [0.25, 0.3) is 0 Å². The summed E-state index contributed by atoms with van der Waals surface area (Å²) in [6, 6.07) is 17.9. The van der Waals surface area contributed by atoms with Crippen molar-refractivity contribution in [3.05, 3.63) is 84.1 Å². The van der Waals surface area contributed by atoms with Gasteiger partial charge >= 0.3 is 5.91 Å². The monoisotopic (exact) mass is 398 g/mol. The molecular formula is C21H19FN2O5. The van der Waals surface area contributed by atoms with E-state index in [-0.39, 0.29) is 18.1 Å². The van der Waals surface area contributed by atoms with Crippen LogP contribution in [0.3, 0.4) is 0 Å². The van der Waals surface area contributed by atoms with Crippen molar-refractivity contribution in [2.45, 2.75) is 19.6 Å². The molecule has 0 bridgehead atoms. The van der Waals surface area contributed by atoms with Crippen LogP contribution in [0, 0.1) is 5.82 Å². The first-order valence-corrected chi connectivity index (χ1v) is 8.81. The van der Waals surface area contributed by atoms with Gasteiger partial charge in [-0.2, -0.15) is 0 Å². The number of ether oxygens (including phenoxy) is 2. The summed E-state index contributed by atoms with van der Waals surface area (Å²) in [6.45, 7) is 1.58. The van der Waals surface area contributed by atoms with Gasteiger partial charge in [-0.1, -0.05) is 30.3 Å². The van der Waals surface area contributed by atoms with Crippen LogP contribution in [-0.4, -0.2) is 17.9 Å². The molecule has 3 rings (SSSR count). The molecule has 0 fully saturated rings. The first kappa shape index (κ1) is 19.9. The number of benzene rings is 2. The fourth-order valence-electron chi connectivity index (χ4n) is 2.31. The SMILES string of the molecule is C[C@@H](Oc1ccccc1F)C(=O)NNC(=O)c1ccc(COc2ccccc2)o1. The summed E-state index contributed by atoms with van der Waals surface area (Å²) in [5.74, 6) is -0.831. The second-order valence-electron chi connectivity index (χ2n) is 6.00. The van der Waals surface area contributed by atoms with Crippen molar-refractivity contribution in [3.8, 4) is 11.5 Å². The molecule has 0 saturated heterocycles. The third-order valence-electron chi connectivity index (χ3n) is 3.82. The minimum Gasteiger partial charge on any atom is -0.486 e. The Labute approximate surface area is 166 Å². The molecule has 8 heteroatoms. The maximum absolute atomic E-state index is 13.6. The van der Waals surface area contributed by atoms with E-state index >= 15 is 0 Å². The van der Waals surface area contributed by atoms with Crippen molar-refractivity contribution < 1.29 is 27.9 Å². The lowest BCUT2D eigenvalue weighted by Gasteiger charge is -2.15. The molecule has 0 unspecified atom stereocenters. The molecule has 0 aliphatic rings. The number of hydrogen-bond donors (Lipinski definition) is 2. The van der Waals surface area contributed by atoms with Gasteiger partial charge in [-0.3, -0.25) is 20.4 Å². The Morgan fingerprint density at radius 3 is 2.48 bits per heavy atom.